The molecular formula is C22H31N3O2S. The van der Waals surface area contributed by atoms with Crippen LogP contribution in [0.4, 0.5) is 0 Å². The molecule has 5 rings (SSSR count). The lowest BCUT2D eigenvalue weighted by Gasteiger charge is -2.39. The van der Waals surface area contributed by atoms with Gasteiger partial charge in [0, 0.05) is 17.3 Å². The van der Waals surface area contributed by atoms with Gasteiger partial charge in [-0.15, -0.1) is 10.2 Å². The normalized spacial score (nSPS) is 45.4. The van der Waals surface area contributed by atoms with Crippen molar-refractivity contribution in [3.63, 3.8) is 0 Å². The number of thioether (sulfide) groups is 1. The lowest BCUT2D eigenvalue weighted by Crippen LogP contribution is -2.37. The van der Waals surface area contributed by atoms with Gasteiger partial charge < -0.3 is 0 Å². The lowest BCUT2D eigenvalue weighted by molar-refractivity contribution is -0.126. The number of fused-ring (bicyclic) bond motifs is 4. The molecule has 152 valence electrons. The number of rotatable bonds is 3. The van der Waals surface area contributed by atoms with Gasteiger partial charge in [0.25, 0.3) is 0 Å². The minimum absolute atomic E-state index is 0.0167. The quantitative estimate of drug-likeness (QED) is 0.754. The molecule has 0 saturated heterocycles. The van der Waals surface area contributed by atoms with Crippen molar-refractivity contribution in [1.29, 1.82) is 0 Å². The van der Waals surface area contributed by atoms with Crippen molar-refractivity contribution in [2.75, 3.05) is 0 Å². The van der Waals surface area contributed by atoms with Gasteiger partial charge in [-0.25, -0.2) is 0 Å². The van der Waals surface area contributed by atoms with Crippen LogP contribution in [0.1, 0.15) is 73.3 Å². The van der Waals surface area contributed by atoms with E-state index in [1.54, 1.807) is 18.1 Å². The summed E-state index contributed by atoms with van der Waals surface area (Å²) in [6, 6.07) is -0.215. The molecule has 0 aromatic carbocycles. The van der Waals surface area contributed by atoms with Crippen LogP contribution in [0.2, 0.25) is 0 Å². The molecule has 1 heterocycles. The Morgan fingerprint density at radius 1 is 0.929 bits per heavy atom. The second-order valence-corrected chi connectivity index (χ2v) is 12.3. The molecule has 0 aliphatic heterocycles. The average Bonchev–Trinajstić information content (AvgIpc) is 3.27. The van der Waals surface area contributed by atoms with E-state index in [-0.39, 0.29) is 44.8 Å². The summed E-state index contributed by atoms with van der Waals surface area (Å²) in [4.78, 5) is 26.4. The first-order chi connectivity index (χ1) is 13.0. The highest BCUT2D eigenvalue weighted by molar-refractivity contribution is 8.00. The van der Waals surface area contributed by atoms with E-state index in [9.17, 15) is 9.59 Å². The molecule has 0 N–H and O–H groups in total. The van der Waals surface area contributed by atoms with Gasteiger partial charge in [0.15, 0.2) is 10.9 Å². The van der Waals surface area contributed by atoms with Gasteiger partial charge in [-0.1, -0.05) is 53.3 Å². The van der Waals surface area contributed by atoms with Crippen LogP contribution in [0.5, 0.6) is 0 Å². The fourth-order valence-corrected chi connectivity index (χ4v) is 8.78. The first-order valence-corrected chi connectivity index (χ1v) is 11.5. The van der Waals surface area contributed by atoms with E-state index in [4.69, 9.17) is 0 Å². The van der Waals surface area contributed by atoms with Crippen LogP contribution in [-0.2, 0) is 9.59 Å². The van der Waals surface area contributed by atoms with E-state index >= 15 is 0 Å². The molecule has 0 radical (unpaired) electrons. The number of nitrogens with zero attached hydrogens (tertiary/aromatic N) is 3. The summed E-state index contributed by atoms with van der Waals surface area (Å²) in [6.45, 7) is 13.5. The Morgan fingerprint density at radius 3 is 2.04 bits per heavy atom. The smallest absolute Gasteiger partial charge is 0.192 e. The monoisotopic (exact) mass is 401 g/mol. The van der Waals surface area contributed by atoms with Gasteiger partial charge in [-0.05, 0) is 41.9 Å². The molecule has 1 aromatic heterocycles. The summed E-state index contributed by atoms with van der Waals surface area (Å²) in [5, 5.41) is 9.21. The number of aromatic nitrogens is 3. The molecule has 1 aromatic rings. The molecular weight excluding hydrogens is 370 g/mol. The minimum atomic E-state index is -0.215. The zero-order valence-electron chi connectivity index (χ0n) is 17.8. The third-order valence-electron chi connectivity index (χ3n) is 10.0. The fraction of sp³-hybridized carbons (Fsp3) is 0.818. The molecule has 4 fully saturated rings. The summed E-state index contributed by atoms with van der Waals surface area (Å²) < 4.78 is 2.00. The minimum Gasteiger partial charge on any atom is -0.298 e. The summed E-state index contributed by atoms with van der Waals surface area (Å²) in [7, 11) is 0. The number of ketones is 2. The van der Waals surface area contributed by atoms with Gasteiger partial charge in [0.1, 0.15) is 18.2 Å². The van der Waals surface area contributed by atoms with E-state index in [0.717, 1.165) is 30.8 Å². The van der Waals surface area contributed by atoms with Crippen LogP contribution in [0.25, 0.3) is 0 Å². The number of hydrogen-bond acceptors (Lipinski definition) is 5. The summed E-state index contributed by atoms with van der Waals surface area (Å²) in [5.74, 6) is 0.950. The maximum absolute atomic E-state index is 13.3. The maximum atomic E-state index is 13.3. The highest BCUT2D eigenvalue weighted by atomic mass is 32.2. The van der Waals surface area contributed by atoms with Crippen LogP contribution in [-0.4, -0.2) is 31.6 Å². The molecule has 4 saturated carbocycles. The standard InChI is InChI=1S/C22H31N3O2S/c1-19(2)12-7-9-21(19,5)16(14(12)26)25-11-23-24-18(25)28-17-15(27)13-8-10-22(17,6)20(13,3)4/h11-13,16-17H,7-10H2,1-6H3/t12-,13-,16+,17+,21+,22-/m0/s1. The zero-order valence-corrected chi connectivity index (χ0v) is 18.6. The van der Waals surface area contributed by atoms with Crippen LogP contribution < -0.4 is 0 Å². The van der Waals surface area contributed by atoms with Gasteiger partial charge in [0.2, 0.25) is 0 Å². The Bertz CT molecular complexity index is 890. The predicted molar refractivity (Wildman–Crippen MR) is 108 cm³/mol. The van der Waals surface area contributed by atoms with Crippen LogP contribution >= 0.6 is 11.8 Å². The Kier molecular flexibility index (Phi) is 3.56. The number of Topliss-reactive ketones (excluding diaryl/α,β-unsaturated/α-hetero) is 2. The van der Waals surface area contributed by atoms with E-state index in [0.29, 0.717) is 11.6 Å². The summed E-state index contributed by atoms with van der Waals surface area (Å²) >= 11 is 1.56. The van der Waals surface area contributed by atoms with Gasteiger partial charge in [-0.2, -0.15) is 0 Å². The van der Waals surface area contributed by atoms with Crippen molar-refractivity contribution in [2.45, 2.75) is 83.7 Å². The first kappa shape index (κ1) is 18.8. The summed E-state index contributed by atoms with van der Waals surface area (Å²) in [6.07, 6.45) is 5.84. The largest absolute Gasteiger partial charge is 0.298 e. The van der Waals surface area contributed by atoms with Crippen molar-refractivity contribution >= 4 is 23.3 Å². The van der Waals surface area contributed by atoms with Crippen molar-refractivity contribution < 1.29 is 9.59 Å². The maximum Gasteiger partial charge on any atom is 0.192 e. The Morgan fingerprint density at radius 2 is 1.50 bits per heavy atom. The van der Waals surface area contributed by atoms with E-state index in [2.05, 4.69) is 51.7 Å². The highest BCUT2D eigenvalue weighted by Crippen LogP contribution is 2.69. The second kappa shape index (κ2) is 5.30. The molecule has 4 aliphatic carbocycles. The second-order valence-electron chi connectivity index (χ2n) is 11.2. The van der Waals surface area contributed by atoms with Crippen molar-refractivity contribution in [1.82, 2.24) is 14.8 Å². The molecule has 6 atom stereocenters. The van der Waals surface area contributed by atoms with Crippen LogP contribution in [0.3, 0.4) is 0 Å². The Balaban J connectivity index is 1.51. The Hall–Kier alpha value is -1.17. The van der Waals surface area contributed by atoms with Crippen molar-refractivity contribution in [3.05, 3.63) is 6.33 Å². The molecule has 4 aliphatic rings. The molecule has 0 unspecified atom stereocenters. The first-order valence-electron chi connectivity index (χ1n) is 10.6. The number of carbonyl (C=O) groups excluding carboxylic acids is 2. The van der Waals surface area contributed by atoms with Crippen molar-refractivity contribution in [2.24, 2.45) is 33.5 Å². The highest BCUT2D eigenvalue weighted by Gasteiger charge is 2.68. The topological polar surface area (TPSA) is 64.8 Å². The van der Waals surface area contributed by atoms with Crippen LogP contribution in [0, 0.1) is 33.5 Å². The number of hydrogen-bond donors (Lipinski definition) is 0. The molecule has 0 spiro atoms. The van der Waals surface area contributed by atoms with Crippen LogP contribution in [0.15, 0.2) is 11.5 Å². The van der Waals surface area contributed by atoms with Gasteiger partial charge in [0.05, 0.1) is 5.25 Å². The predicted octanol–water partition coefficient (Wildman–Crippen LogP) is 4.33. The molecule has 0 amide bonds. The fourth-order valence-electron chi connectivity index (χ4n) is 7.24. The van der Waals surface area contributed by atoms with E-state index in [1.807, 2.05) is 4.57 Å². The van der Waals surface area contributed by atoms with E-state index in [1.165, 1.54) is 0 Å². The average molecular weight is 402 g/mol. The molecule has 28 heavy (non-hydrogen) atoms. The van der Waals surface area contributed by atoms with Gasteiger partial charge >= 0.3 is 0 Å². The summed E-state index contributed by atoms with van der Waals surface area (Å²) in [5.41, 5.74) is -0.119. The molecule has 4 bridgehead atoms. The number of carbonyl (C=O) groups is 2. The lowest BCUT2D eigenvalue weighted by atomic mass is 9.69. The van der Waals surface area contributed by atoms with E-state index < -0.39 is 0 Å². The Labute approximate surface area is 171 Å². The molecule has 5 nitrogen and oxygen atoms in total. The molecule has 6 heteroatoms. The zero-order chi connectivity index (χ0) is 20.3. The van der Waals surface area contributed by atoms with Gasteiger partial charge in [-0.3, -0.25) is 14.2 Å². The third-order valence-corrected chi connectivity index (χ3v) is 11.5. The van der Waals surface area contributed by atoms with Crippen molar-refractivity contribution in [3.8, 4) is 0 Å². The third kappa shape index (κ3) is 1.87. The SMILES string of the molecule is CC1(C)[C@H]2CC[C@@]1(C)[C@H](Sc1nncn1[C@@H]1C(=O)[C@@H]3CC[C@@]1(C)C3(C)C)C2=O.